The Hall–Kier alpha value is 0.290. The summed E-state index contributed by atoms with van der Waals surface area (Å²) < 4.78 is 0. The van der Waals surface area contributed by atoms with E-state index in [-0.39, 0.29) is 0 Å². The van der Waals surface area contributed by atoms with Crippen molar-refractivity contribution in [3.05, 3.63) is 0 Å². The summed E-state index contributed by atoms with van der Waals surface area (Å²) in [7, 11) is 0. The number of alkyl halides is 1. The molecule has 29 heavy (non-hydrogen) atoms. The summed E-state index contributed by atoms with van der Waals surface area (Å²) >= 11 is 6.53. The molecule has 0 aromatic heterocycles. The van der Waals surface area contributed by atoms with Crippen LogP contribution in [-0.4, -0.2) is 5.38 Å². The number of unbranched alkanes of at least 4 members (excludes halogenated alkanes) is 21. The van der Waals surface area contributed by atoms with E-state index >= 15 is 0 Å². The lowest BCUT2D eigenvalue weighted by molar-refractivity contribution is 0.518. The Kier molecular flexibility index (Phi) is 26.6. The Morgan fingerprint density at radius 1 is 0.345 bits per heavy atom. The van der Waals surface area contributed by atoms with Crippen molar-refractivity contribution in [3.63, 3.8) is 0 Å². The highest BCUT2D eigenvalue weighted by Gasteiger charge is 2.04. The zero-order valence-corrected chi connectivity index (χ0v) is 21.4. The van der Waals surface area contributed by atoms with E-state index in [0.29, 0.717) is 5.38 Å². The zero-order valence-electron chi connectivity index (χ0n) is 20.6. The molecule has 0 nitrogen and oxygen atoms in total. The number of halogens is 1. The van der Waals surface area contributed by atoms with Gasteiger partial charge in [-0.3, -0.25) is 0 Å². The van der Waals surface area contributed by atoms with Crippen LogP contribution in [0.5, 0.6) is 0 Å². The number of hydrogen-bond donors (Lipinski definition) is 0. The second-order valence-corrected chi connectivity index (χ2v) is 10.2. The largest absolute Gasteiger partial charge is 0.123 e. The van der Waals surface area contributed by atoms with Gasteiger partial charge in [-0.25, -0.2) is 0 Å². The Labute approximate surface area is 191 Å². The maximum Gasteiger partial charge on any atom is 0.0336 e. The lowest BCUT2D eigenvalue weighted by Crippen LogP contribution is -1.98. The molecule has 0 rings (SSSR count). The van der Waals surface area contributed by atoms with Gasteiger partial charge in [0.05, 0.1) is 0 Å². The van der Waals surface area contributed by atoms with Crippen LogP contribution in [0.1, 0.15) is 174 Å². The standard InChI is InChI=1S/C28H57Cl/c1-3-5-7-9-11-13-15-16-17-19-21-23-25-27-28(29)26-24-22-20-18-14-12-10-8-6-4-2/h28H,3-27H2,1-2H3. The minimum atomic E-state index is 0.441. The molecule has 0 saturated carbocycles. The predicted octanol–water partition coefficient (Wildman–Crippen LogP) is 11.4. The van der Waals surface area contributed by atoms with Gasteiger partial charge in [0.25, 0.3) is 0 Å². The number of rotatable bonds is 25. The topological polar surface area (TPSA) is 0 Å². The molecule has 1 heteroatoms. The Bertz CT molecular complexity index is 275. The highest BCUT2D eigenvalue weighted by Crippen LogP contribution is 2.19. The van der Waals surface area contributed by atoms with Gasteiger partial charge in [-0.15, -0.1) is 11.6 Å². The van der Waals surface area contributed by atoms with E-state index in [1.807, 2.05) is 0 Å². The Morgan fingerprint density at radius 3 is 0.793 bits per heavy atom. The van der Waals surface area contributed by atoms with Crippen molar-refractivity contribution in [2.24, 2.45) is 0 Å². The molecule has 0 amide bonds. The van der Waals surface area contributed by atoms with Crippen molar-refractivity contribution in [3.8, 4) is 0 Å². The summed E-state index contributed by atoms with van der Waals surface area (Å²) in [5, 5.41) is 0.441. The average molecular weight is 429 g/mol. The molecular formula is C28H57Cl. The normalized spacial score (nSPS) is 12.5. The molecule has 0 aliphatic heterocycles. The maximum atomic E-state index is 6.53. The fourth-order valence-electron chi connectivity index (χ4n) is 4.38. The molecule has 0 saturated heterocycles. The monoisotopic (exact) mass is 428 g/mol. The van der Waals surface area contributed by atoms with E-state index < -0.39 is 0 Å². The SMILES string of the molecule is CCCCCCCCCCCCCCCC(Cl)CCCCCCCCCCCC. The smallest absolute Gasteiger partial charge is 0.0336 e. The summed E-state index contributed by atoms with van der Waals surface area (Å²) in [6.07, 6.45) is 35.4. The summed E-state index contributed by atoms with van der Waals surface area (Å²) in [5.74, 6) is 0. The van der Waals surface area contributed by atoms with E-state index in [4.69, 9.17) is 11.6 Å². The summed E-state index contributed by atoms with van der Waals surface area (Å²) in [6.45, 7) is 4.59. The first-order valence-corrected chi connectivity index (χ1v) is 14.4. The fraction of sp³-hybridized carbons (Fsp3) is 1.00. The second-order valence-electron chi connectivity index (χ2n) is 9.60. The maximum absolute atomic E-state index is 6.53. The predicted molar refractivity (Wildman–Crippen MR) is 136 cm³/mol. The zero-order chi connectivity index (χ0) is 21.3. The summed E-state index contributed by atoms with van der Waals surface area (Å²) in [4.78, 5) is 0. The van der Waals surface area contributed by atoms with Gasteiger partial charge in [-0.05, 0) is 12.8 Å². The minimum Gasteiger partial charge on any atom is -0.123 e. The first kappa shape index (κ1) is 29.3. The van der Waals surface area contributed by atoms with Gasteiger partial charge in [-0.1, -0.05) is 162 Å². The number of hydrogen-bond acceptors (Lipinski definition) is 0. The van der Waals surface area contributed by atoms with Crippen LogP contribution in [0.4, 0.5) is 0 Å². The van der Waals surface area contributed by atoms with Crippen molar-refractivity contribution in [2.45, 2.75) is 180 Å². The van der Waals surface area contributed by atoms with Crippen molar-refractivity contribution >= 4 is 11.6 Å². The molecule has 0 N–H and O–H groups in total. The third-order valence-corrected chi connectivity index (χ3v) is 6.93. The molecule has 0 aliphatic carbocycles. The summed E-state index contributed by atoms with van der Waals surface area (Å²) in [6, 6.07) is 0. The Balaban J connectivity index is 3.12. The van der Waals surface area contributed by atoms with Crippen LogP contribution in [0.15, 0.2) is 0 Å². The highest BCUT2D eigenvalue weighted by molar-refractivity contribution is 6.20. The molecular weight excluding hydrogens is 372 g/mol. The fourth-order valence-corrected chi connectivity index (χ4v) is 4.69. The molecule has 0 spiro atoms. The van der Waals surface area contributed by atoms with Gasteiger partial charge in [0.2, 0.25) is 0 Å². The van der Waals surface area contributed by atoms with E-state index in [0.717, 1.165) is 0 Å². The second kappa shape index (κ2) is 26.3. The quantitative estimate of drug-likeness (QED) is 0.100. The van der Waals surface area contributed by atoms with Crippen LogP contribution < -0.4 is 0 Å². The van der Waals surface area contributed by atoms with E-state index in [1.54, 1.807) is 0 Å². The van der Waals surface area contributed by atoms with Crippen LogP contribution >= 0.6 is 11.6 Å². The van der Waals surface area contributed by atoms with Gasteiger partial charge in [0.15, 0.2) is 0 Å². The van der Waals surface area contributed by atoms with Gasteiger partial charge in [-0.2, -0.15) is 0 Å². The van der Waals surface area contributed by atoms with Crippen LogP contribution in [0.3, 0.4) is 0 Å². The molecule has 176 valence electrons. The van der Waals surface area contributed by atoms with Gasteiger partial charge >= 0.3 is 0 Å². The molecule has 0 fully saturated rings. The van der Waals surface area contributed by atoms with Crippen molar-refractivity contribution in [1.82, 2.24) is 0 Å². The molecule has 0 radical (unpaired) electrons. The molecule has 0 aromatic rings. The van der Waals surface area contributed by atoms with E-state index in [9.17, 15) is 0 Å². The molecule has 0 bridgehead atoms. The van der Waals surface area contributed by atoms with Crippen LogP contribution in [0.25, 0.3) is 0 Å². The molecule has 1 unspecified atom stereocenters. The van der Waals surface area contributed by atoms with Gasteiger partial charge < -0.3 is 0 Å². The van der Waals surface area contributed by atoms with Crippen molar-refractivity contribution in [2.75, 3.05) is 0 Å². The average Bonchev–Trinajstić information content (AvgIpc) is 2.72. The van der Waals surface area contributed by atoms with Crippen LogP contribution in [0, 0.1) is 0 Å². The first-order chi connectivity index (χ1) is 14.3. The first-order valence-electron chi connectivity index (χ1n) is 13.9. The lowest BCUT2D eigenvalue weighted by Gasteiger charge is -2.09. The van der Waals surface area contributed by atoms with E-state index in [1.165, 1.54) is 161 Å². The molecule has 1 atom stereocenters. The van der Waals surface area contributed by atoms with Gasteiger partial charge in [0, 0.05) is 5.38 Å². The summed E-state index contributed by atoms with van der Waals surface area (Å²) in [5.41, 5.74) is 0. The molecule has 0 heterocycles. The molecule has 0 aliphatic rings. The highest BCUT2D eigenvalue weighted by atomic mass is 35.5. The Morgan fingerprint density at radius 2 is 0.552 bits per heavy atom. The van der Waals surface area contributed by atoms with Crippen molar-refractivity contribution in [1.29, 1.82) is 0 Å². The van der Waals surface area contributed by atoms with Crippen LogP contribution in [-0.2, 0) is 0 Å². The minimum absolute atomic E-state index is 0.441. The molecule has 0 aromatic carbocycles. The lowest BCUT2D eigenvalue weighted by atomic mass is 10.0. The van der Waals surface area contributed by atoms with E-state index in [2.05, 4.69) is 13.8 Å². The third-order valence-electron chi connectivity index (χ3n) is 6.49. The van der Waals surface area contributed by atoms with Gasteiger partial charge in [0.1, 0.15) is 0 Å². The van der Waals surface area contributed by atoms with Crippen molar-refractivity contribution < 1.29 is 0 Å². The third kappa shape index (κ3) is 26.3. The van der Waals surface area contributed by atoms with Crippen LogP contribution in [0.2, 0.25) is 0 Å².